The Kier molecular flexibility index (Phi) is 8.20. The molecule has 0 radical (unpaired) electrons. The molecule has 0 saturated carbocycles. The van der Waals surface area contributed by atoms with Crippen LogP contribution >= 0.6 is 0 Å². The van der Waals surface area contributed by atoms with Crippen LogP contribution in [0.5, 0.6) is 0 Å². The molecule has 3 heteroatoms. The summed E-state index contributed by atoms with van der Waals surface area (Å²) < 4.78 is 0. The van der Waals surface area contributed by atoms with Crippen molar-refractivity contribution in [2.75, 3.05) is 19.6 Å². The molecule has 1 amide bonds. The largest absolute Gasteiger partial charge is 0.353 e. The van der Waals surface area contributed by atoms with E-state index >= 15 is 0 Å². The van der Waals surface area contributed by atoms with Crippen molar-refractivity contribution in [3.05, 3.63) is 0 Å². The van der Waals surface area contributed by atoms with E-state index in [-0.39, 0.29) is 11.9 Å². The fourth-order valence-corrected chi connectivity index (χ4v) is 2.99. The summed E-state index contributed by atoms with van der Waals surface area (Å²) in [5.41, 5.74) is 0. The van der Waals surface area contributed by atoms with E-state index in [2.05, 4.69) is 24.1 Å². The molecule has 0 bridgehead atoms. The van der Waals surface area contributed by atoms with Gasteiger partial charge in [-0.15, -0.1) is 0 Å². The monoisotopic (exact) mass is 282 g/mol. The third-order valence-corrected chi connectivity index (χ3v) is 4.17. The molecule has 1 heterocycles. The van der Waals surface area contributed by atoms with Crippen LogP contribution in [0.3, 0.4) is 0 Å². The molecule has 1 aliphatic heterocycles. The maximum absolute atomic E-state index is 11.7. The number of piperidine rings is 1. The minimum atomic E-state index is 0.176. The Hall–Kier alpha value is -0.570. The predicted octanol–water partition coefficient (Wildman–Crippen LogP) is 3.44. The fraction of sp³-hybridized carbons (Fsp3) is 0.941. The van der Waals surface area contributed by atoms with Crippen LogP contribution in [0, 0.1) is 11.8 Å². The van der Waals surface area contributed by atoms with Crippen LogP contribution in [0.1, 0.15) is 66.2 Å². The molecule has 1 fully saturated rings. The molecule has 1 N–H and O–H groups in total. The van der Waals surface area contributed by atoms with Crippen molar-refractivity contribution in [1.82, 2.24) is 10.2 Å². The summed E-state index contributed by atoms with van der Waals surface area (Å²) in [6.45, 7) is 11.4. The van der Waals surface area contributed by atoms with Crippen LogP contribution < -0.4 is 5.32 Å². The molecule has 3 nitrogen and oxygen atoms in total. The van der Waals surface area contributed by atoms with Crippen molar-refractivity contribution in [2.24, 2.45) is 11.8 Å². The lowest BCUT2D eigenvalue weighted by atomic mass is 9.90. The topological polar surface area (TPSA) is 32.3 Å². The number of hydrogen-bond acceptors (Lipinski definition) is 2. The second-order valence-electron chi connectivity index (χ2n) is 7.12. The molecule has 0 aromatic rings. The molecule has 118 valence electrons. The highest BCUT2D eigenvalue weighted by atomic mass is 16.2. The third kappa shape index (κ3) is 7.88. The van der Waals surface area contributed by atoms with Crippen LogP contribution in [0.2, 0.25) is 0 Å². The van der Waals surface area contributed by atoms with Crippen LogP contribution in [0.15, 0.2) is 0 Å². The van der Waals surface area contributed by atoms with Gasteiger partial charge in [-0.05, 0) is 51.6 Å². The lowest BCUT2D eigenvalue weighted by Crippen LogP contribution is -2.43. The van der Waals surface area contributed by atoms with Gasteiger partial charge in [-0.2, -0.15) is 0 Å². The van der Waals surface area contributed by atoms with Gasteiger partial charge in [-0.3, -0.25) is 9.69 Å². The van der Waals surface area contributed by atoms with Crippen LogP contribution in [0.4, 0.5) is 0 Å². The summed E-state index contributed by atoms with van der Waals surface area (Å²) in [6.07, 6.45) is 8.08. The molecule has 1 rings (SSSR count). The summed E-state index contributed by atoms with van der Waals surface area (Å²) in [5, 5.41) is 2.97. The molecular weight excluding hydrogens is 248 g/mol. The average molecular weight is 282 g/mol. The lowest BCUT2D eigenvalue weighted by Gasteiger charge is -2.31. The van der Waals surface area contributed by atoms with E-state index in [9.17, 15) is 4.79 Å². The van der Waals surface area contributed by atoms with Gasteiger partial charge in [0.1, 0.15) is 0 Å². The molecular formula is C17H34N2O. The Morgan fingerprint density at radius 2 is 1.80 bits per heavy atom. The van der Waals surface area contributed by atoms with Crippen LogP contribution in [0.25, 0.3) is 0 Å². The molecule has 0 atom stereocenters. The predicted molar refractivity (Wildman–Crippen MR) is 85.7 cm³/mol. The van der Waals surface area contributed by atoms with Gasteiger partial charge in [0.2, 0.25) is 5.91 Å². The standard InChI is InChI=1S/C17H34N2O/c1-14(2)7-5-6-8-16-9-11-19(12-10-16)13-17(20)18-15(3)4/h14-16H,5-13H2,1-4H3,(H,18,20). The van der Waals surface area contributed by atoms with Crippen LogP contribution in [-0.4, -0.2) is 36.5 Å². The Morgan fingerprint density at radius 3 is 2.35 bits per heavy atom. The quantitative estimate of drug-likeness (QED) is 0.692. The van der Waals surface area contributed by atoms with Gasteiger partial charge < -0.3 is 5.32 Å². The molecule has 1 saturated heterocycles. The second kappa shape index (κ2) is 9.38. The number of carbonyl (C=O) groups is 1. The summed E-state index contributed by atoms with van der Waals surface area (Å²) >= 11 is 0. The van der Waals surface area contributed by atoms with E-state index in [1.54, 1.807) is 0 Å². The first-order chi connectivity index (χ1) is 9.47. The minimum Gasteiger partial charge on any atom is -0.353 e. The summed E-state index contributed by atoms with van der Waals surface area (Å²) in [6, 6.07) is 0.251. The second-order valence-corrected chi connectivity index (χ2v) is 7.12. The van der Waals surface area contributed by atoms with Gasteiger partial charge in [-0.1, -0.05) is 39.5 Å². The summed E-state index contributed by atoms with van der Waals surface area (Å²) in [4.78, 5) is 14.0. The van der Waals surface area contributed by atoms with E-state index in [1.165, 1.54) is 38.5 Å². The van der Waals surface area contributed by atoms with Crippen molar-refractivity contribution in [2.45, 2.75) is 72.3 Å². The summed E-state index contributed by atoms with van der Waals surface area (Å²) in [5.74, 6) is 1.92. The zero-order valence-electron chi connectivity index (χ0n) is 14.0. The van der Waals surface area contributed by atoms with Crippen LogP contribution in [-0.2, 0) is 4.79 Å². The Labute approximate surface area is 125 Å². The number of nitrogens with one attached hydrogen (secondary N) is 1. The molecule has 0 aromatic heterocycles. The Morgan fingerprint density at radius 1 is 1.15 bits per heavy atom. The van der Waals surface area contributed by atoms with Gasteiger partial charge in [0.15, 0.2) is 0 Å². The number of unbranched alkanes of at least 4 members (excludes halogenated alkanes) is 1. The van der Waals surface area contributed by atoms with E-state index in [0.717, 1.165) is 24.9 Å². The highest BCUT2D eigenvalue weighted by molar-refractivity contribution is 5.78. The van der Waals surface area contributed by atoms with Gasteiger partial charge >= 0.3 is 0 Å². The molecule has 20 heavy (non-hydrogen) atoms. The van der Waals surface area contributed by atoms with Crippen molar-refractivity contribution in [3.63, 3.8) is 0 Å². The molecule has 0 unspecified atom stereocenters. The number of carbonyl (C=O) groups excluding carboxylic acids is 1. The van der Waals surface area contributed by atoms with Crippen molar-refractivity contribution < 1.29 is 4.79 Å². The van der Waals surface area contributed by atoms with E-state index < -0.39 is 0 Å². The summed E-state index contributed by atoms with van der Waals surface area (Å²) in [7, 11) is 0. The highest BCUT2D eigenvalue weighted by Gasteiger charge is 2.20. The van der Waals surface area contributed by atoms with Crippen molar-refractivity contribution in [1.29, 1.82) is 0 Å². The maximum Gasteiger partial charge on any atom is 0.234 e. The molecule has 1 aliphatic rings. The normalized spacial score (nSPS) is 17.9. The maximum atomic E-state index is 11.7. The zero-order chi connectivity index (χ0) is 15.0. The van der Waals surface area contributed by atoms with E-state index in [1.807, 2.05) is 13.8 Å². The first-order valence-electron chi connectivity index (χ1n) is 8.49. The van der Waals surface area contributed by atoms with Gasteiger partial charge in [0, 0.05) is 6.04 Å². The average Bonchev–Trinajstić information content (AvgIpc) is 2.35. The number of hydrogen-bond donors (Lipinski definition) is 1. The smallest absolute Gasteiger partial charge is 0.234 e. The van der Waals surface area contributed by atoms with Gasteiger partial charge in [-0.25, -0.2) is 0 Å². The lowest BCUT2D eigenvalue weighted by molar-refractivity contribution is -0.123. The first-order valence-corrected chi connectivity index (χ1v) is 8.49. The van der Waals surface area contributed by atoms with E-state index in [0.29, 0.717) is 6.54 Å². The van der Waals surface area contributed by atoms with Gasteiger partial charge in [0.25, 0.3) is 0 Å². The van der Waals surface area contributed by atoms with E-state index in [4.69, 9.17) is 0 Å². The fourth-order valence-electron chi connectivity index (χ4n) is 2.99. The van der Waals surface area contributed by atoms with Gasteiger partial charge in [0.05, 0.1) is 6.54 Å². The minimum absolute atomic E-state index is 0.176. The molecule has 0 aromatic carbocycles. The zero-order valence-corrected chi connectivity index (χ0v) is 14.0. The number of amides is 1. The Balaban J connectivity index is 2.09. The Bertz CT molecular complexity index is 268. The third-order valence-electron chi connectivity index (χ3n) is 4.17. The highest BCUT2D eigenvalue weighted by Crippen LogP contribution is 2.23. The number of rotatable bonds is 8. The number of nitrogens with zero attached hydrogens (tertiary/aromatic N) is 1. The molecule has 0 spiro atoms. The SMILES string of the molecule is CC(C)CCCCC1CCN(CC(=O)NC(C)C)CC1. The van der Waals surface area contributed by atoms with Crippen molar-refractivity contribution in [3.8, 4) is 0 Å². The van der Waals surface area contributed by atoms with Crippen molar-refractivity contribution >= 4 is 5.91 Å². The number of likely N-dealkylation sites (tertiary alicyclic amines) is 1. The first kappa shape index (κ1) is 17.5. The molecule has 0 aliphatic carbocycles.